The Hall–Kier alpha value is -2.16. The normalized spacial score (nSPS) is 16.0. The van der Waals surface area contributed by atoms with Crippen molar-refractivity contribution in [3.05, 3.63) is 0 Å². The number of carbonyl (C=O) groups is 4. The molecule has 0 aliphatic rings. The van der Waals surface area contributed by atoms with Crippen molar-refractivity contribution >= 4 is 23.8 Å². The van der Waals surface area contributed by atoms with Crippen LogP contribution in [0.1, 0.15) is 27.7 Å². The van der Waals surface area contributed by atoms with Crippen LogP contribution in [0.5, 0.6) is 0 Å². The Morgan fingerprint density at radius 2 is 1.43 bits per heavy atom. The van der Waals surface area contributed by atoms with Crippen molar-refractivity contribution in [2.45, 2.75) is 52.0 Å². The maximum Gasteiger partial charge on any atom is 0.330 e. The van der Waals surface area contributed by atoms with E-state index in [1.165, 1.54) is 13.8 Å². The fourth-order valence-corrected chi connectivity index (χ4v) is 1.51. The molecule has 0 aromatic rings. The minimum Gasteiger partial charge on any atom is -0.480 e. The van der Waals surface area contributed by atoms with E-state index in [-0.39, 0.29) is 0 Å². The summed E-state index contributed by atoms with van der Waals surface area (Å²) in [6.07, 6.45) is -2.01. The summed E-state index contributed by atoms with van der Waals surface area (Å²) < 4.78 is 9.46. The van der Waals surface area contributed by atoms with Crippen molar-refractivity contribution in [1.82, 2.24) is 5.32 Å². The third-order valence-electron chi connectivity index (χ3n) is 2.55. The first kappa shape index (κ1) is 18.8. The lowest BCUT2D eigenvalue weighted by Crippen LogP contribution is -2.56. The first-order valence-corrected chi connectivity index (χ1v) is 6.19. The van der Waals surface area contributed by atoms with Gasteiger partial charge in [0.15, 0.2) is 6.04 Å². The number of esters is 2. The van der Waals surface area contributed by atoms with Crippen molar-refractivity contribution in [1.29, 1.82) is 0 Å². The molecular formula is C12H20N2O7. The topological polar surface area (TPSA) is 145 Å². The smallest absolute Gasteiger partial charge is 0.330 e. The van der Waals surface area contributed by atoms with Gasteiger partial charge in [-0.05, 0) is 13.8 Å². The number of aliphatic carboxylic acids is 1. The molecule has 0 heterocycles. The molecule has 0 radical (unpaired) electrons. The minimum absolute atomic E-state index is 0.617. The van der Waals surface area contributed by atoms with Gasteiger partial charge in [0.1, 0.15) is 18.2 Å². The predicted octanol–water partition coefficient (Wildman–Crippen LogP) is -1.21. The number of rotatable bonds is 7. The molecule has 0 fully saturated rings. The molecule has 0 rings (SSSR count). The van der Waals surface area contributed by atoms with Gasteiger partial charge in [0.25, 0.3) is 0 Å². The molecule has 9 nitrogen and oxygen atoms in total. The molecule has 0 aliphatic heterocycles. The maximum atomic E-state index is 11.8. The van der Waals surface area contributed by atoms with Crippen molar-refractivity contribution in [3.8, 4) is 0 Å². The highest BCUT2D eigenvalue weighted by Crippen LogP contribution is 2.03. The third kappa shape index (κ3) is 6.70. The number of nitrogens with one attached hydrogen (secondary N) is 1. The second-order valence-corrected chi connectivity index (χ2v) is 4.48. The molecule has 0 saturated carbocycles. The molecule has 0 aromatic heterocycles. The van der Waals surface area contributed by atoms with E-state index < -0.39 is 48.1 Å². The average Bonchev–Trinajstić information content (AvgIpc) is 2.32. The number of nitrogens with two attached hydrogens (primary N) is 1. The van der Waals surface area contributed by atoms with E-state index >= 15 is 0 Å². The molecule has 120 valence electrons. The molecule has 0 bridgehead atoms. The monoisotopic (exact) mass is 304 g/mol. The van der Waals surface area contributed by atoms with Gasteiger partial charge in [-0.1, -0.05) is 0 Å². The van der Waals surface area contributed by atoms with Crippen LogP contribution in [-0.4, -0.2) is 53.2 Å². The summed E-state index contributed by atoms with van der Waals surface area (Å²) in [5, 5.41) is 11.2. The molecule has 4 atom stereocenters. The first-order valence-electron chi connectivity index (χ1n) is 6.19. The highest BCUT2D eigenvalue weighted by molar-refractivity contribution is 5.88. The SMILES string of the molecule is CC(=O)OC(C)C(N)C(=O)NC(C(=O)O)C(C)OC(C)=O. The molecule has 4 unspecified atom stereocenters. The number of carboxylic acid groups (broad SMARTS) is 1. The number of hydrogen-bond donors (Lipinski definition) is 3. The summed E-state index contributed by atoms with van der Waals surface area (Å²) in [4.78, 5) is 44.5. The average molecular weight is 304 g/mol. The summed E-state index contributed by atoms with van der Waals surface area (Å²) >= 11 is 0. The molecule has 1 amide bonds. The van der Waals surface area contributed by atoms with Crippen molar-refractivity contribution < 1.29 is 33.8 Å². The van der Waals surface area contributed by atoms with Gasteiger partial charge < -0.3 is 25.6 Å². The van der Waals surface area contributed by atoms with Gasteiger partial charge in [0, 0.05) is 13.8 Å². The highest BCUT2D eigenvalue weighted by atomic mass is 16.5. The van der Waals surface area contributed by atoms with E-state index in [1.54, 1.807) is 0 Å². The van der Waals surface area contributed by atoms with Crippen LogP contribution in [0.15, 0.2) is 0 Å². The zero-order valence-electron chi connectivity index (χ0n) is 12.3. The Bertz CT molecular complexity index is 424. The fraction of sp³-hybridized carbons (Fsp3) is 0.667. The zero-order valence-corrected chi connectivity index (χ0v) is 12.3. The van der Waals surface area contributed by atoms with Gasteiger partial charge in [-0.2, -0.15) is 0 Å². The van der Waals surface area contributed by atoms with Crippen LogP contribution in [0.2, 0.25) is 0 Å². The van der Waals surface area contributed by atoms with E-state index in [1.807, 2.05) is 0 Å². The Labute approximate surface area is 121 Å². The van der Waals surface area contributed by atoms with Gasteiger partial charge >= 0.3 is 17.9 Å². The molecule has 21 heavy (non-hydrogen) atoms. The number of carboxylic acids is 1. The first-order chi connectivity index (χ1) is 9.56. The predicted molar refractivity (Wildman–Crippen MR) is 70.0 cm³/mol. The standard InChI is InChI=1S/C12H20N2O7/c1-5(20-7(3)15)9(13)11(17)14-10(12(18)19)6(2)21-8(4)16/h5-6,9-10H,13H2,1-4H3,(H,14,17)(H,18,19). The quantitative estimate of drug-likeness (QED) is 0.496. The maximum absolute atomic E-state index is 11.8. The van der Waals surface area contributed by atoms with Crippen LogP contribution in [0.3, 0.4) is 0 Å². The number of hydrogen-bond acceptors (Lipinski definition) is 7. The summed E-state index contributed by atoms with van der Waals surface area (Å²) in [5.74, 6) is -3.52. The van der Waals surface area contributed by atoms with E-state index in [4.69, 9.17) is 20.3 Å². The number of carbonyl (C=O) groups excluding carboxylic acids is 3. The Morgan fingerprint density at radius 1 is 1.00 bits per heavy atom. The molecule has 4 N–H and O–H groups in total. The molecular weight excluding hydrogens is 284 g/mol. The van der Waals surface area contributed by atoms with Crippen LogP contribution >= 0.6 is 0 Å². The summed E-state index contributed by atoms with van der Waals surface area (Å²) in [6.45, 7) is 4.99. The Morgan fingerprint density at radius 3 is 1.81 bits per heavy atom. The van der Waals surface area contributed by atoms with Crippen LogP contribution in [0.25, 0.3) is 0 Å². The largest absolute Gasteiger partial charge is 0.480 e. The van der Waals surface area contributed by atoms with Crippen molar-refractivity contribution in [3.63, 3.8) is 0 Å². The van der Waals surface area contributed by atoms with Crippen molar-refractivity contribution in [2.75, 3.05) is 0 Å². The summed E-state index contributed by atoms with van der Waals surface area (Å²) in [5.41, 5.74) is 5.57. The van der Waals surface area contributed by atoms with Gasteiger partial charge in [0.2, 0.25) is 5.91 Å². The zero-order chi connectivity index (χ0) is 16.7. The van der Waals surface area contributed by atoms with E-state index in [2.05, 4.69) is 5.32 Å². The summed E-state index contributed by atoms with van der Waals surface area (Å²) in [7, 11) is 0. The Balaban J connectivity index is 4.78. The van der Waals surface area contributed by atoms with Crippen LogP contribution in [0.4, 0.5) is 0 Å². The van der Waals surface area contributed by atoms with E-state index in [0.29, 0.717) is 0 Å². The molecule has 0 aromatic carbocycles. The highest BCUT2D eigenvalue weighted by Gasteiger charge is 2.32. The second-order valence-electron chi connectivity index (χ2n) is 4.48. The summed E-state index contributed by atoms with van der Waals surface area (Å²) in [6, 6.07) is -2.71. The van der Waals surface area contributed by atoms with Crippen LogP contribution in [0, 0.1) is 0 Å². The Kier molecular flexibility index (Phi) is 7.36. The second kappa shape index (κ2) is 8.20. The van der Waals surface area contributed by atoms with Crippen LogP contribution in [-0.2, 0) is 28.7 Å². The van der Waals surface area contributed by atoms with Crippen LogP contribution < -0.4 is 11.1 Å². The van der Waals surface area contributed by atoms with E-state index in [0.717, 1.165) is 13.8 Å². The van der Waals surface area contributed by atoms with E-state index in [9.17, 15) is 19.2 Å². The number of amides is 1. The molecule has 0 spiro atoms. The molecule has 0 saturated heterocycles. The lowest BCUT2D eigenvalue weighted by molar-refractivity contribution is -0.156. The van der Waals surface area contributed by atoms with Gasteiger partial charge in [-0.3, -0.25) is 14.4 Å². The lowest BCUT2D eigenvalue weighted by atomic mass is 10.1. The lowest BCUT2D eigenvalue weighted by Gasteiger charge is -2.24. The third-order valence-corrected chi connectivity index (χ3v) is 2.55. The van der Waals surface area contributed by atoms with Gasteiger partial charge in [0.05, 0.1) is 0 Å². The van der Waals surface area contributed by atoms with Crippen molar-refractivity contribution in [2.24, 2.45) is 5.73 Å². The number of ether oxygens (including phenoxy) is 2. The molecule has 0 aliphatic carbocycles. The van der Waals surface area contributed by atoms with Gasteiger partial charge in [-0.15, -0.1) is 0 Å². The minimum atomic E-state index is -1.46. The molecule has 9 heteroatoms. The fourth-order valence-electron chi connectivity index (χ4n) is 1.51. The van der Waals surface area contributed by atoms with Gasteiger partial charge in [-0.25, -0.2) is 4.79 Å².